The van der Waals surface area contributed by atoms with Crippen molar-refractivity contribution in [1.29, 1.82) is 0 Å². The first-order valence-electron chi connectivity index (χ1n) is 7.58. The van der Waals surface area contributed by atoms with Crippen LogP contribution in [0.4, 0.5) is 4.79 Å². The van der Waals surface area contributed by atoms with Gasteiger partial charge < -0.3 is 15.0 Å². The Kier molecular flexibility index (Phi) is 6.37. The van der Waals surface area contributed by atoms with Crippen molar-refractivity contribution in [1.82, 2.24) is 14.5 Å². The molecule has 0 bridgehead atoms. The standard InChI is InChI=1S/C15H23N3O4S/c1-17-8-10-18(11-9-17)23(20,21)12-7-16-15(19)22-13-14-5-3-2-4-6-14/h2-6H,7-13H2,1H3,(H,16,19). The predicted octanol–water partition coefficient (Wildman–Crippen LogP) is 0.490. The average Bonchev–Trinajstić information content (AvgIpc) is 2.54. The number of alkyl carbamates (subject to hydrolysis) is 1. The molecular weight excluding hydrogens is 318 g/mol. The lowest BCUT2D eigenvalue weighted by Gasteiger charge is -2.31. The number of nitrogens with one attached hydrogen (secondary N) is 1. The molecule has 2 rings (SSSR count). The molecule has 0 aliphatic carbocycles. The number of ether oxygens (including phenoxy) is 1. The number of sulfonamides is 1. The van der Waals surface area contributed by atoms with Gasteiger partial charge in [0.1, 0.15) is 6.61 Å². The van der Waals surface area contributed by atoms with Crippen LogP contribution in [0.15, 0.2) is 30.3 Å². The highest BCUT2D eigenvalue weighted by molar-refractivity contribution is 7.89. The van der Waals surface area contributed by atoms with E-state index in [1.54, 1.807) is 0 Å². The molecular formula is C15H23N3O4S. The number of nitrogens with zero attached hydrogens (tertiary/aromatic N) is 2. The van der Waals surface area contributed by atoms with E-state index in [1.165, 1.54) is 4.31 Å². The SMILES string of the molecule is CN1CCN(S(=O)(=O)CCNC(=O)OCc2ccccc2)CC1. The number of hydrogen-bond donors (Lipinski definition) is 1. The second-order valence-corrected chi connectivity index (χ2v) is 7.60. The zero-order chi connectivity index (χ0) is 16.7. The molecule has 0 spiro atoms. The number of amides is 1. The molecule has 1 amide bonds. The Morgan fingerprint density at radius 2 is 1.83 bits per heavy atom. The van der Waals surface area contributed by atoms with Crippen LogP contribution in [0.2, 0.25) is 0 Å². The number of likely N-dealkylation sites (N-methyl/N-ethyl adjacent to an activating group) is 1. The van der Waals surface area contributed by atoms with E-state index in [2.05, 4.69) is 10.2 Å². The van der Waals surface area contributed by atoms with Crippen molar-refractivity contribution in [2.75, 3.05) is 45.5 Å². The van der Waals surface area contributed by atoms with Crippen molar-refractivity contribution in [3.8, 4) is 0 Å². The van der Waals surface area contributed by atoms with E-state index in [0.717, 1.165) is 18.7 Å². The van der Waals surface area contributed by atoms with Crippen LogP contribution in [0.25, 0.3) is 0 Å². The quantitative estimate of drug-likeness (QED) is 0.815. The third-order valence-electron chi connectivity index (χ3n) is 3.70. The zero-order valence-corrected chi connectivity index (χ0v) is 14.1. The number of benzene rings is 1. The van der Waals surface area contributed by atoms with E-state index in [9.17, 15) is 13.2 Å². The largest absolute Gasteiger partial charge is 0.445 e. The van der Waals surface area contributed by atoms with Gasteiger partial charge in [0.2, 0.25) is 10.0 Å². The molecule has 1 aliphatic rings. The molecule has 8 heteroatoms. The lowest BCUT2D eigenvalue weighted by atomic mass is 10.2. The van der Waals surface area contributed by atoms with Crippen LogP contribution in [0.5, 0.6) is 0 Å². The summed E-state index contributed by atoms with van der Waals surface area (Å²) in [6.07, 6.45) is -0.609. The van der Waals surface area contributed by atoms with Crippen molar-refractivity contribution in [3.05, 3.63) is 35.9 Å². The minimum absolute atomic E-state index is 0.0439. The molecule has 1 aliphatic heterocycles. The molecule has 1 fully saturated rings. The van der Waals surface area contributed by atoms with Crippen molar-refractivity contribution < 1.29 is 17.9 Å². The third-order valence-corrected chi connectivity index (χ3v) is 5.57. The van der Waals surface area contributed by atoms with E-state index in [4.69, 9.17) is 4.74 Å². The monoisotopic (exact) mass is 341 g/mol. The minimum atomic E-state index is -3.33. The van der Waals surface area contributed by atoms with Gasteiger partial charge in [-0.1, -0.05) is 30.3 Å². The molecule has 128 valence electrons. The fraction of sp³-hybridized carbons (Fsp3) is 0.533. The number of rotatable bonds is 6. The summed E-state index contributed by atoms with van der Waals surface area (Å²) in [6.45, 7) is 2.66. The first kappa shape index (κ1) is 17.7. The first-order chi connectivity index (χ1) is 11.0. The molecule has 0 atom stereocenters. The van der Waals surface area contributed by atoms with E-state index in [1.807, 2.05) is 37.4 Å². The van der Waals surface area contributed by atoms with Crippen LogP contribution in [-0.4, -0.2) is 69.2 Å². The summed E-state index contributed by atoms with van der Waals surface area (Å²) >= 11 is 0. The maximum atomic E-state index is 12.2. The second-order valence-electron chi connectivity index (χ2n) is 5.51. The highest BCUT2D eigenvalue weighted by atomic mass is 32.2. The van der Waals surface area contributed by atoms with Gasteiger partial charge in [-0.05, 0) is 12.6 Å². The van der Waals surface area contributed by atoms with Crippen molar-refractivity contribution in [2.45, 2.75) is 6.61 Å². The smallest absolute Gasteiger partial charge is 0.407 e. The topological polar surface area (TPSA) is 79.0 Å². The summed E-state index contributed by atoms with van der Waals surface area (Å²) in [5.74, 6) is -0.114. The Morgan fingerprint density at radius 1 is 1.17 bits per heavy atom. The van der Waals surface area contributed by atoms with Crippen LogP contribution < -0.4 is 5.32 Å². The Labute approximate surface area is 137 Å². The maximum Gasteiger partial charge on any atom is 0.407 e. The molecule has 23 heavy (non-hydrogen) atoms. The van der Waals surface area contributed by atoms with E-state index in [0.29, 0.717) is 13.1 Å². The van der Waals surface area contributed by atoms with Crippen LogP contribution in [0.1, 0.15) is 5.56 Å². The molecule has 0 unspecified atom stereocenters. The normalized spacial score (nSPS) is 16.9. The zero-order valence-electron chi connectivity index (χ0n) is 13.3. The minimum Gasteiger partial charge on any atom is -0.445 e. The predicted molar refractivity (Wildman–Crippen MR) is 87.5 cm³/mol. The van der Waals surface area contributed by atoms with Gasteiger partial charge in [0.15, 0.2) is 0 Å². The van der Waals surface area contributed by atoms with E-state index < -0.39 is 16.1 Å². The fourth-order valence-electron chi connectivity index (χ4n) is 2.25. The Hall–Kier alpha value is -1.64. The fourth-order valence-corrected chi connectivity index (χ4v) is 3.59. The molecule has 0 radical (unpaired) electrons. The van der Waals surface area contributed by atoms with Crippen molar-refractivity contribution >= 4 is 16.1 Å². The molecule has 1 aromatic rings. The van der Waals surface area contributed by atoms with E-state index in [-0.39, 0.29) is 18.9 Å². The highest BCUT2D eigenvalue weighted by Gasteiger charge is 2.25. The summed E-state index contributed by atoms with van der Waals surface area (Å²) in [6, 6.07) is 9.31. The Morgan fingerprint density at radius 3 is 2.48 bits per heavy atom. The van der Waals surface area contributed by atoms with Crippen LogP contribution >= 0.6 is 0 Å². The molecule has 1 saturated heterocycles. The van der Waals surface area contributed by atoms with Crippen molar-refractivity contribution in [3.63, 3.8) is 0 Å². The van der Waals surface area contributed by atoms with Gasteiger partial charge >= 0.3 is 6.09 Å². The molecule has 7 nitrogen and oxygen atoms in total. The number of carbonyl (C=O) groups is 1. The van der Waals surface area contributed by atoms with E-state index >= 15 is 0 Å². The Bertz CT molecular complexity index is 598. The van der Waals surface area contributed by atoms with Gasteiger partial charge in [-0.3, -0.25) is 0 Å². The summed E-state index contributed by atoms with van der Waals surface area (Å²) in [5.41, 5.74) is 0.882. The van der Waals surface area contributed by atoms with Gasteiger partial charge in [0, 0.05) is 32.7 Å². The van der Waals surface area contributed by atoms with Gasteiger partial charge in [0.25, 0.3) is 0 Å². The summed E-state index contributed by atoms with van der Waals surface area (Å²) in [7, 11) is -1.37. The number of piperazine rings is 1. The average molecular weight is 341 g/mol. The molecule has 1 N–H and O–H groups in total. The molecule has 1 heterocycles. The first-order valence-corrected chi connectivity index (χ1v) is 9.19. The number of hydrogen-bond acceptors (Lipinski definition) is 5. The van der Waals surface area contributed by atoms with Gasteiger partial charge in [-0.15, -0.1) is 0 Å². The lowest BCUT2D eigenvalue weighted by Crippen LogP contribution is -2.48. The van der Waals surface area contributed by atoms with Crippen LogP contribution in [0.3, 0.4) is 0 Å². The van der Waals surface area contributed by atoms with Crippen LogP contribution in [-0.2, 0) is 21.4 Å². The summed E-state index contributed by atoms with van der Waals surface area (Å²) in [5, 5.41) is 2.48. The van der Waals surface area contributed by atoms with Gasteiger partial charge in [0.05, 0.1) is 5.75 Å². The van der Waals surface area contributed by atoms with Gasteiger partial charge in [-0.2, -0.15) is 4.31 Å². The van der Waals surface area contributed by atoms with Crippen molar-refractivity contribution in [2.24, 2.45) is 0 Å². The highest BCUT2D eigenvalue weighted by Crippen LogP contribution is 2.06. The summed E-state index contributed by atoms with van der Waals surface area (Å²) in [4.78, 5) is 13.7. The number of carbonyl (C=O) groups excluding carboxylic acids is 1. The van der Waals surface area contributed by atoms with Crippen LogP contribution in [0, 0.1) is 0 Å². The third kappa shape index (κ3) is 5.81. The Balaban J connectivity index is 1.68. The lowest BCUT2D eigenvalue weighted by molar-refractivity contribution is 0.140. The second kappa shape index (κ2) is 8.28. The van der Waals surface area contributed by atoms with Gasteiger partial charge in [-0.25, -0.2) is 13.2 Å². The molecule has 1 aromatic carbocycles. The molecule has 0 aromatic heterocycles. The maximum absolute atomic E-state index is 12.2. The summed E-state index contributed by atoms with van der Waals surface area (Å²) < 4.78 is 30.9. The molecule has 0 saturated carbocycles.